The van der Waals surface area contributed by atoms with Crippen molar-refractivity contribution in [3.63, 3.8) is 0 Å². The van der Waals surface area contributed by atoms with E-state index in [9.17, 15) is 36.5 Å². The number of carbonyl (C=O) groups excluding carboxylic acids is 1. The summed E-state index contributed by atoms with van der Waals surface area (Å²) in [6.45, 7) is 0. The lowest BCUT2D eigenvalue weighted by Gasteiger charge is -2.15. The van der Waals surface area contributed by atoms with Crippen LogP contribution >= 0.6 is 12.6 Å². The molecule has 24 heavy (non-hydrogen) atoms. The molecule has 0 radical (unpaired) electrons. The topological polar surface area (TPSA) is 139 Å². The summed E-state index contributed by atoms with van der Waals surface area (Å²) in [4.78, 5) is 19.8. The maximum absolute atomic E-state index is 12.6. The Morgan fingerprint density at radius 2 is 2.00 bits per heavy atom. The number of rotatable bonds is 6. The molecular weight excluding hydrogens is 379 g/mol. The fourth-order valence-electron chi connectivity index (χ4n) is 1.57. The zero-order valence-electron chi connectivity index (χ0n) is 11.4. The summed E-state index contributed by atoms with van der Waals surface area (Å²) < 4.78 is 63.7. The van der Waals surface area contributed by atoms with Gasteiger partial charge in [0.2, 0.25) is 10.0 Å². The van der Waals surface area contributed by atoms with Crippen molar-refractivity contribution in [1.82, 2.24) is 10.2 Å². The van der Waals surface area contributed by atoms with Gasteiger partial charge in [0.1, 0.15) is 6.04 Å². The first-order chi connectivity index (χ1) is 10.9. The predicted octanol–water partition coefficient (Wildman–Crippen LogP) is 0.696. The third-order valence-electron chi connectivity index (χ3n) is 2.68. The average Bonchev–Trinajstić information content (AvgIpc) is 2.50. The normalized spacial score (nSPS) is 13.4. The fraction of sp³-hybridized carbons (Fsp3) is 0.300. The van der Waals surface area contributed by atoms with E-state index in [0.29, 0.717) is 12.1 Å². The van der Waals surface area contributed by atoms with E-state index in [1.165, 1.54) is 0 Å². The van der Waals surface area contributed by atoms with Crippen LogP contribution in [0.3, 0.4) is 0 Å². The van der Waals surface area contributed by atoms with E-state index >= 15 is 0 Å². The maximum atomic E-state index is 12.6. The van der Waals surface area contributed by atoms with Crippen molar-refractivity contribution < 1.29 is 36.5 Å². The van der Waals surface area contributed by atoms with Crippen LogP contribution < -0.4 is 10.2 Å². The predicted molar refractivity (Wildman–Crippen MR) is 76.0 cm³/mol. The molecule has 0 saturated heterocycles. The molecule has 0 bridgehead atoms. The second-order valence-corrected chi connectivity index (χ2v) is 6.32. The van der Waals surface area contributed by atoms with Crippen LogP contribution in [0.15, 0.2) is 23.1 Å². The number of carbonyl (C=O) groups is 1. The Morgan fingerprint density at radius 3 is 2.42 bits per heavy atom. The average molecular weight is 389 g/mol. The van der Waals surface area contributed by atoms with Gasteiger partial charge in [0, 0.05) is 11.8 Å². The number of hydroxylamine groups is 1. The summed E-state index contributed by atoms with van der Waals surface area (Å²) in [5.41, 5.74) is -1.57. The largest absolute Gasteiger partial charge is 0.416 e. The van der Waals surface area contributed by atoms with Crippen molar-refractivity contribution in [3.05, 3.63) is 33.9 Å². The van der Waals surface area contributed by atoms with E-state index in [2.05, 4.69) is 12.6 Å². The zero-order chi connectivity index (χ0) is 18.7. The van der Waals surface area contributed by atoms with Gasteiger partial charge in [-0.05, 0) is 12.1 Å². The minimum atomic E-state index is -4.91. The number of nitro benzene ring substituents is 1. The maximum Gasteiger partial charge on any atom is 0.416 e. The standard InChI is InChI=1S/C10H10F3N3O6S2/c11-10(12,13)5-1-2-8(7(3-5)16(19)20)24(21,22)15-6(4-23)9(17)14-18/h1-3,6,15,18,23H,4H2,(H,14,17)/t6-/m0/s1. The number of alkyl halides is 3. The molecule has 0 spiro atoms. The van der Waals surface area contributed by atoms with Crippen molar-refractivity contribution in [2.24, 2.45) is 0 Å². The van der Waals surface area contributed by atoms with Gasteiger partial charge in [-0.25, -0.2) is 13.9 Å². The number of hydrogen-bond donors (Lipinski definition) is 4. The lowest BCUT2D eigenvalue weighted by atomic mass is 10.2. The van der Waals surface area contributed by atoms with Gasteiger partial charge < -0.3 is 0 Å². The Bertz CT molecular complexity index is 753. The number of benzene rings is 1. The third kappa shape index (κ3) is 4.56. The summed E-state index contributed by atoms with van der Waals surface area (Å²) in [7, 11) is -4.74. The summed E-state index contributed by atoms with van der Waals surface area (Å²) in [5.74, 6) is -1.64. The Balaban J connectivity index is 3.38. The minimum Gasteiger partial charge on any atom is -0.289 e. The number of nitro groups is 1. The van der Waals surface area contributed by atoms with Crippen LogP contribution in [-0.2, 0) is 21.0 Å². The highest BCUT2D eigenvalue weighted by molar-refractivity contribution is 7.89. The van der Waals surface area contributed by atoms with Crippen LogP contribution in [0.1, 0.15) is 5.56 Å². The number of nitrogens with one attached hydrogen (secondary N) is 2. The molecule has 0 unspecified atom stereocenters. The van der Waals surface area contributed by atoms with Crippen molar-refractivity contribution >= 4 is 34.2 Å². The molecule has 0 aromatic heterocycles. The molecular formula is C10H10F3N3O6S2. The first kappa shape index (κ1) is 20.1. The van der Waals surface area contributed by atoms with E-state index in [1.54, 1.807) is 4.72 Å². The van der Waals surface area contributed by atoms with Gasteiger partial charge in [-0.2, -0.15) is 30.5 Å². The highest BCUT2D eigenvalue weighted by Crippen LogP contribution is 2.34. The fourth-order valence-corrected chi connectivity index (χ4v) is 3.29. The van der Waals surface area contributed by atoms with Gasteiger partial charge in [-0.15, -0.1) is 0 Å². The Kier molecular flexibility index (Phi) is 6.15. The molecule has 0 heterocycles. The molecule has 1 aromatic rings. The van der Waals surface area contributed by atoms with Crippen LogP contribution in [0.2, 0.25) is 0 Å². The van der Waals surface area contributed by atoms with E-state index in [-0.39, 0.29) is 6.07 Å². The first-order valence-corrected chi connectivity index (χ1v) is 7.98. The molecule has 9 nitrogen and oxygen atoms in total. The molecule has 1 amide bonds. The van der Waals surface area contributed by atoms with Gasteiger partial charge in [0.25, 0.3) is 11.6 Å². The van der Waals surface area contributed by atoms with Crippen LogP contribution in [0.25, 0.3) is 0 Å². The lowest BCUT2D eigenvalue weighted by Crippen LogP contribution is -2.47. The van der Waals surface area contributed by atoms with Crippen molar-refractivity contribution in [2.75, 3.05) is 5.75 Å². The summed E-state index contributed by atoms with van der Waals surface area (Å²) in [5, 5.41) is 19.4. The Labute approximate surface area is 138 Å². The first-order valence-electron chi connectivity index (χ1n) is 5.86. The molecule has 0 aliphatic rings. The summed E-state index contributed by atoms with van der Waals surface area (Å²) in [6, 6.07) is -0.791. The third-order valence-corrected chi connectivity index (χ3v) is 4.56. The lowest BCUT2D eigenvalue weighted by molar-refractivity contribution is -0.388. The van der Waals surface area contributed by atoms with Crippen LogP contribution in [0.4, 0.5) is 18.9 Å². The number of thiol groups is 1. The quantitative estimate of drug-likeness (QED) is 0.244. The van der Waals surface area contributed by atoms with E-state index in [1.807, 2.05) is 0 Å². The highest BCUT2D eigenvalue weighted by Gasteiger charge is 2.36. The summed E-state index contributed by atoms with van der Waals surface area (Å²) in [6.07, 6.45) is -4.91. The van der Waals surface area contributed by atoms with Gasteiger partial charge >= 0.3 is 6.18 Å². The van der Waals surface area contributed by atoms with Crippen molar-refractivity contribution in [1.29, 1.82) is 0 Å². The zero-order valence-corrected chi connectivity index (χ0v) is 13.2. The molecule has 14 heteroatoms. The van der Waals surface area contributed by atoms with Crippen LogP contribution in [-0.4, -0.2) is 36.3 Å². The van der Waals surface area contributed by atoms with E-state index in [0.717, 1.165) is 5.48 Å². The molecule has 0 aliphatic carbocycles. The molecule has 134 valence electrons. The van der Waals surface area contributed by atoms with Crippen LogP contribution in [0.5, 0.6) is 0 Å². The molecule has 1 aromatic carbocycles. The summed E-state index contributed by atoms with van der Waals surface area (Å²) >= 11 is 3.67. The second kappa shape index (κ2) is 7.33. The number of halogens is 3. The van der Waals surface area contributed by atoms with Crippen molar-refractivity contribution in [3.8, 4) is 0 Å². The monoisotopic (exact) mass is 389 g/mol. The highest BCUT2D eigenvalue weighted by atomic mass is 32.2. The smallest absolute Gasteiger partial charge is 0.289 e. The van der Waals surface area contributed by atoms with E-state index < -0.39 is 55.0 Å². The van der Waals surface area contributed by atoms with Gasteiger partial charge in [0.15, 0.2) is 4.90 Å². The Morgan fingerprint density at radius 1 is 1.42 bits per heavy atom. The molecule has 3 N–H and O–H groups in total. The number of amides is 1. The molecule has 0 saturated carbocycles. The molecule has 0 fully saturated rings. The minimum absolute atomic E-state index is 0.0659. The SMILES string of the molecule is O=C(NO)[C@H](CS)NS(=O)(=O)c1ccc(C(F)(F)F)cc1[N+](=O)[O-]. The van der Waals surface area contributed by atoms with Gasteiger partial charge in [-0.1, -0.05) is 0 Å². The van der Waals surface area contributed by atoms with Gasteiger partial charge in [0.05, 0.1) is 10.5 Å². The Hall–Kier alpha value is -1.90. The van der Waals surface area contributed by atoms with Gasteiger partial charge in [-0.3, -0.25) is 20.1 Å². The number of hydrogen-bond acceptors (Lipinski definition) is 7. The van der Waals surface area contributed by atoms with Crippen molar-refractivity contribution in [2.45, 2.75) is 17.1 Å². The molecule has 1 rings (SSSR count). The second-order valence-electron chi connectivity index (χ2n) is 4.27. The number of nitrogens with zero attached hydrogens (tertiary/aromatic N) is 1. The molecule has 0 aliphatic heterocycles. The molecule has 1 atom stereocenters. The van der Waals surface area contributed by atoms with Crippen LogP contribution in [0, 0.1) is 10.1 Å². The van der Waals surface area contributed by atoms with E-state index in [4.69, 9.17) is 5.21 Å². The number of sulfonamides is 1.